The highest BCUT2D eigenvalue weighted by Gasteiger charge is 2.09. The molecule has 4 rings (SSSR count). The third-order valence-electron chi connectivity index (χ3n) is 4.46. The van der Waals surface area contributed by atoms with Crippen molar-refractivity contribution < 1.29 is 0 Å². The second-order valence-electron chi connectivity index (χ2n) is 6.13. The van der Waals surface area contributed by atoms with E-state index in [0.717, 1.165) is 23.2 Å². The molecular formula is C21H19N3O. The van der Waals surface area contributed by atoms with E-state index in [1.54, 1.807) is 15.3 Å². The molecule has 0 bridgehead atoms. The van der Waals surface area contributed by atoms with Crippen LogP contribution >= 0.6 is 0 Å². The summed E-state index contributed by atoms with van der Waals surface area (Å²) in [6, 6.07) is 20.2. The van der Waals surface area contributed by atoms with E-state index in [0.29, 0.717) is 12.1 Å². The van der Waals surface area contributed by atoms with Gasteiger partial charge in [0.25, 0.3) is 5.56 Å². The van der Waals surface area contributed by atoms with Crippen LogP contribution in [0.1, 0.15) is 18.1 Å². The molecule has 4 aromatic rings. The summed E-state index contributed by atoms with van der Waals surface area (Å²) in [7, 11) is 0. The van der Waals surface area contributed by atoms with E-state index in [-0.39, 0.29) is 5.56 Å². The molecule has 0 spiro atoms. The number of rotatable bonds is 4. The zero-order chi connectivity index (χ0) is 17.2. The molecule has 0 N–H and O–H groups in total. The SMILES string of the molecule is CCc1ccc(-c2cc3c(=O)n(Cc4ccccc4)ccn3n2)cc1. The van der Waals surface area contributed by atoms with Gasteiger partial charge in [-0.1, -0.05) is 61.5 Å². The smallest absolute Gasteiger partial charge is 0.276 e. The van der Waals surface area contributed by atoms with Crippen LogP contribution in [-0.2, 0) is 13.0 Å². The third kappa shape index (κ3) is 2.98. The summed E-state index contributed by atoms with van der Waals surface area (Å²) in [4.78, 5) is 12.8. The van der Waals surface area contributed by atoms with Gasteiger partial charge >= 0.3 is 0 Å². The molecule has 0 saturated carbocycles. The fourth-order valence-corrected chi connectivity index (χ4v) is 2.98. The molecule has 124 valence electrons. The van der Waals surface area contributed by atoms with Crippen LogP contribution in [0.25, 0.3) is 16.8 Å². The summed E-state index contributed by atoms with van der Waals surface area (Å²) in [5, 5.41) is 4.55. The molecule has 2 aromatic carbocycles. The molecule has 4 nitrogen and oxygen atoms in total. The highest BCUT2D eigenvalue weighted by atomic mass is 16.1. The second kappa shape index (κ2) is 6.40. The number of hydrogen-bond acceptors (Lipinski definition) is 2. The molecule has 0 saturated heterocycles. The Labute approximate surface area is 146 Å². The Balaban J connectivity index is 1.73. The molecular weight excluding hydrogens is 310 g/mol. The summed E-state index contributed by atoms with van der Waals surface area (Å²) >= 11 is 0. The maximum atomic E-state index is 12.8. The molecule has 0 amide bonds. The van der Waals surface area contributed by atoms with Gasteiger partial charge in [0.2, 0.25) is 0 Å². The minimum Gasteiger partial charge on any atom is -0.308 e. The van der Waals surface area contributed by atoms with E-state index < -0.39 is 0 Å². The van der Waals surface area contributed by atoms with Gasteiger partial charge in [0.15, 0.2) is 0 Å². The lowest BCUT2D eigenvalue weighted by atomic mass is 10.1. The Bertz CT molecular complexity index is 1060. The quantitative estimate of drug-likeness (QED) is 0.572. The van der Waals surface area contributed by atoms with Crippen molar-refractivity contribution in [2.75, 3.05) is 0 Å². The van der Waals surface area contributed by atoms with Crippen LogP contribution in [0.5, 0.6) is 0 Å². The highest BCUT2D eigenvalue weighted by molar-refractivity contribution is 5.65. The maximum absolute atomic E-state index is 12.8. The van der Waals surface area contributed by atoms with Gasteiger partial charge in [-0.3, -0.25) is 4.79 Å². The number of nitrogens with zero attached hydrogens (tertiary/aromatic N) is 3. The van der Waals surface area contributed by atoms with Crippen LogP contribution in [0.2, 0.25) is 0 Å². The molecule has 4 heteroatoms. The van der Waals surface area contributed by atoms with Gasteiger partial charge < -0.3 is 4.57 Å². The highest BCUT2D eigenvalue weighted by Crippen LogP contribution is 2.19. The van der Waals surface area contributed by atoms with Crippen molar-refractivity contribution in [2.45, 2.75) is 19.9 Å². The predicted octanol–water partition coefficient (Wildman–Crippen LogP) is 3.77. The Hall–Kier alpha value is -3.14. The molecule has 2 heterocycles. The van der Waals surface area contributed by atoms with Crippen LogP contribution in [0.15, 0.2) is 77.9 Å². The predicted molar refractivity (Wildman–Crippen MR) is 99.8 cm³/mol. The Morgan fingerprint density at radius 2 is 1.68 bits per heavy atom. The summed E-state index contributed by atoms with van der Waals surface area (Å²) < 4.78 is 3.38. The number of fused-ring (bicyclic) bond motifs is 1. The Kier molecular flexibility index (Phi) is 3.94. The summed E-state index contributed by atoms with van der Waals surface area (Å²) in [5.41, 5.74) is 4.79. The van der Waals surface area contributed by atoms with Crippen molar-refractivity contribution in [2.24, 2.45) is 0 Å². The first-order valence-corrected chi connectivity index (χ1v) is 8.46. The van der Waals surface area contributed by atoms with Gasteiger partial charge in [-0.25, -0.2) is 4.52 Å². The average molecular weight is 329 g/mol. The van der Waals surface area contributed by atoms with Gasteiger partial charge in [-0.15, -0.1) is 0 Å². The largest absolute Gasteiger partial charge is 0.308 e. The maximum Gasteiger partial charge on any atom is 0.276 e. The lowest BCUT2D eigenvalue weighted by molar-refractivity contribution is 0.743. The van der Waals surface area contributed by atoms with Crippen molar-refractivity contribution in [1.82, 2.24) is 14.2 Å². The topological polar surface area (TPSA) is 39.3 Å². The number of benzene rings is 2. The monoisotopic (exact) mass is 329 g/mol. The molecule has 0 radical (unpaired) electrons. The third-order valence-corrected chi connectivity index (χ3v) is 4.46. The van der Waals surface area contributed by atoms with E-state index in [2.05, 4.69) is 36.3 Å². The molecule has 0 unspecified atom stereocenters. The van der Waals surface area contributed by atoms with Gasteiger partial charge in [0, 0.05) is 18.0 Å². The van der Waals surface area contributed by atoms with Gasteiger partial charge in [-0.2, -0.15) is 5.10 Å². The first-order valence-electron chi connectivity index (χ1n) is 8.46. The van der Waals surface area contributed by atoms with E-state index in [4.69, 9.17) is 0 Å². The second-order valence-corrected chi connectivity index (χ2v) is 6.13. The molecule has 0 aliphatic heterocycles. The lowest BCUT2D eigenvalue weighted by Gasteiger charge is -2.05. The van der Waals surface area contributed by atoms with Crippen molar-refractivity contribution in [3.8, 4) is 11.3 Å². The molecule has 0 aliphatic carbocycles. The zero-order valence-electron chi connectivity index (χ0n) is 14.1. The molecule has 2 aromatic heterocycles. The summed E-state index contributed by atoms with van der Waals surface area (Å²) in [6.07, 6.45) is 4.64. The van der Waals surface area contributed by atoms with Crippen molar-refractivity contribution in [1.29, 1.82) is 0 Å². The lowest BCUT2D eigenvalue weighted by Crippen LogP contribution is -2.21. The van der Waals surface area contributed by atoms with Crippen molar-refractivity contribution in [3.05, 3.63) is 94.5 Å². The Morgan fingerprint density at radius 1 is 0.920 bits per heavy atom. The number of hydrogen-bond donors (Lipinski definition) is 0. The van der Waals surface area contributed by atoms with Gasteiger partial charge in [0.1, 0.15) is 5.52 Å². The van der Waals surface area contributed by atoms with E-state index in [9.17, 15) is 4.79 Å². The van der Waals surface area contributed by atoms with E-state index in [1.165, 1.54) is 5.56 Å². The Morgan fingerprint density at radius 3 is 2.40 bits per heavy atom. The normalized spacial score (nSPS) is 11.1. The molecule has 0 aliphatic rings. The minimum absolute atomic E-state index is 0.0321. The first-order chi connectivity index (χ1) is 12.2. The summed E-state index contributed by atoms with van der Waals surface area (Å²) in [5.74, 6) is 0. The van der Waals surface area contributed by atoms with Crippen LogP contribution in [-0.4, -0.2) is 14.2 Å². The molecule has 25 heavy (non-hydrogen) atoms. The number of aromatic nitrogens is 3. The van der Waals surface area contributed by atoms with Crippen LogP contribution in [0.3, 0.4) is 0 Å². The van der Waals surface area contributed by atoms with Crippen LogP contribution in [0.4, 0.5) is 0 Å². The first kappa shape index (κ1) is 15.4. The van der Waals surface area contributed by atoms with Crippen LogP contribution in [0, 0.1) is 0 Å². The number of aryl methyl sites for hydroxylation is 1. The van der Waals surface area contributed by atoms with E-state index in [1.807, 2.05) is 42.6 Å². The fraction of sp³-hybridized carbons (Fsp3) is 0.143. The minimum atomic E-state index is -0.0321. The fourth-order valence-electron chi connectivity index (χ4n) is 2.98. The van der Waals surface area contributed by atoms with Crippen LogP contribution < -0.4 is 5.56 Å². The summed E-state index contributed by atoms with van der Waals surface area (Å²) in [6.45, 7) is 2.69. The zero-order valence-corrected chi connectivity index (χ0v) is 14.1. The van der Waals surface area contributed by atoms with Gasteiger partial charge in [-0.05, 0) is 23.6 Å². The van der Waals surface area contributed by atoms with E-state index >= 15 is 0 Å². The molecule has 0 fully saturated rings. The van der Waals surface area contributed by atoms with Gasteiger partial charge in [0.05, 0.1) is 12.2 Å². The average Bonchev–Trinajstić information content (AvgIpc) is 3.10. The molecule has 0 atom stereocenters. The van der Waals surface area contributed by atoms with Crippen molar-refractivity contribution in [3.63, 3.8) is 0 Å². The standard InChI is InChI=1S/C21H19N3O/c1-2-16-8-10-18(11-9-16)19-14-20-21(25)23(12-13-24(20)22-19)15-17-6-4-3-5-7-17/h3-14H,2,15H2,1H3. The van der Waals surface area contributed by atoms with Crippen molar-refractivity contribution >= 4 is 5.52 Å².